The normalized spacial score (nSPS) is 11.8. The summed E-state index contributed by atoms with van der Waals surface area (Å²) >= 11 is 0. The summed E-state index contributed by atoms with van der Waals surface area (Å²) in [7, 11) is -3.71. The molecular weight excluding hydrogens is 452 g/mol. The lowest BCUT2D eigenvalue weighted by Crippen LogP contribution is -2.24. The van der Waals surface area contributed by atoms with Crippen molar-refractivity contribution in [1.29, 1.82) is 0 Å². The van der Waals surface area contributed by atoms with Gasteiger partial charge >= 0.3 is 6.36 Å². The van der Waals surface area contributed by atoms with E-state index < -0.39 is 27.9 Å². The van der Waals surface area contributed by atoms with E-state index in [1.165, 1.54) is 36.7 Å². The molecule has 6 nitrogen and oxygen atoms in total. The summed E-state index contributed by atoms with van der Waals surface area (Å²) in [5.74, 6) is -1.67. The summed E-state index contributed by atoms with van der Waals surface area (Å²) in [5.41, 5.74) is 1.32. The van der Waals surface area contributed by atoms with Gasteiger partial charge in [0.25, 0.3) is 5.91 Å². The van der Waals surface area contributed by atoms with E-state index in [0.717, 1.165) is 30.5 Å². The zero-order chi connectivity index (χ0) is 23.5. The standard InChI is InChI=1S/C21H16F4N2O4S/c1-32(29,30)19-9-17(22)5-2-14(19)12-27-20(28)16-8-15(10-26-11-16)13-3-6-18(7-4-13)31-21(23,24)25/h2-11H,12H2,1H3,(H,27,28). The first-order chi connectivity index (χ1) is 14.9. The number of amides is 1. The van der Waals surface area contributed by atoms with Gasteiger partial charge < -0.3 is 10.1 Å². The molecule has 0 saturated heterocycles. The molecule has 1 amide bonds. The maximum atomic E-state index is 13.4. The second-order valence-electron chi connectivity index (χ2n) is 6.74. The summed E-state index contributed by atoms with van der Waals surface area (Å²) in [6, 6.07) is 9.76. The second-order valence-corrected chi connectivity index (χ2v) is 8.73. The van der Waals surface area contributed by atoms with Crippen LogP contribution in [0, 0.1) is 5.82 Å². The van der Waals surface area contributed by atoms with Crippen LogP contribution >= 0.6 is 0 Å². The van der Waals surface area contributed by atoms with Crippen LogP contribution in [0.15, 0.2) is 65.8 Å². The number of carbonyl (C=O) groups is 1. The molecule has 2 aromatic carbocycles. The van der Waals surface area contributed by atoms with Gasteiger partial charge in [-0.15, -0.1) is 13.2 Å². The number of nitrogens with zero attached hydrogens (tertiary/aromatic N) is 1. The van der Waals surface area contributed by atoms with E-state index in [1.54, 1.807) is 0 Å². The summed E-state index contributed by atoms with van der Waals surface area (Å²) < 4.78 is 77.8. The Kier molecular flexibility index (Phi) is 6.49. The molecule has 0 atom stereocenters. The Morgan fingerprint density at radius 2 is 1.72 bits per heavy atom. The molecule has 0 aliphatic heterocycles. The maximum absolute atomic E-state index is 13.4. The molecule has 0 spiro atoms. The molecule has 1 aromatic heterocycles. The van der Waals surface area contributed by atoms with Crippen molar-refractivity contribution >= 4 is 15.7 Å². The molecule has 0 bridgehead atoms. The van der Waals surface area contributed by atoms with E-state index in [0.29, 0.717) is 11.1 Å². The minimum atomic E-state index is -4.80. The van der Waals surface area contributed by atoms with E-state index in [4.69, 9.17) is 0 Å². The smallest absolute Gasteiger partial charge is 0.406 e. The molecule has 0 aliphatic rings. The Balaban J connectivity index is 1.75. The van der Waals surface area contributed by atoms with Gasteiger partial charge in [-0.1, -0.05) is 18.2 Å². The lowest BCUT2D eigenvalue weighted by molar-refractivity contribution is -0.274. The van der Waals surface area contributed by atoms with Gasteiger partial charge in [0.2, 0.25) is 0 Å². The summed E-state index contributed by atoms with van der Waals surface area (Å²) in [4.78, 5) is 16.3. The fraction of sp³-hybridized carbons (Fsp3) is 0.143. The van der Waals surface area contributed by atoms with Gasteiger partial charge in [-0.25, -0.2) is 12.8 Å². The van der Waals surface area contributed by atoms with Crippen LogP contribution in [0.25, 0.3) is 11.1 Å². The molecule has 0 unspecified atom stereocenters. The minimum Gasteiger partial charge on any atom is -0.406 e. The highest BCUT2D eigenvalue weighted by atomic mass is 32.2. The van der Waals surface area contributed by atoms with Crippen LogP contribution in [0.5, 0.6) is 5.75 Å². The van der Waals surface area contributed by atoms with Crippen molar-refractivity contribution in [1.82, 2.24) is 10.3 Å². The van der Waals surface area contributed by atoms with Gasteiger partial charge in [0.05, 0.1) is 10.5 Å². The number of aromatic nitrogens is 1. The Bertz CT molecular complexity index is 1240. The molecule has 1 N–H and O–H groups in total. The molecular formula is C21H16F4N2O4S. The highest BCUT2D eigenvalue weighted by Crippen LogP contribution is 2.26. The molecule has 168 valence electrons. The lowest BCUT2D eigenvalue weighted by atomic mass is 10.1. The van der Waals surface area contributed by atoms with Crippen LogP contribution in [0.2, 0.25) is 0 Å². The third kappa shape index (κ3) is 6.03. The van der Waals surface area contributed by atoms with E-state index >= 15 is 0 Å². The molecule has 0 saturated carbocycles. The predicted octanol–water partition coefficient (Wildman–Crippen LogP) is 4.12. The summed E-state index contributed by atoms with van der Waals surface area (Å²) in [6.45, 7) is -0.171. The monoisotopic (exact) mass is 468 g/mol. The summed E-state index contributed by atoms with van der Waals surface area (Å²) in [5, 5.41) is 2.55. The molecule has 0 radical (unpaired) electrons. The van der Waals surface area contributed by atoms with Crippen molar-refractivity contribution in [2.45, 2.75) is 17.8 Å². The molecule has 3 aromatic rings. The van der Waals surface area contributed by atoms with E-state index in [1.807, 2.05) is 0 Å². The fourth-order valence-electron chi connectivity index (χ4n) is 2.87. The number of alkyl halides is 3. The third-order valence-electron chi connectivity index (χ3n) is 4.29. The number of rotatable bonds is 6. The van der Waals surface area contributed by atoms with Gasteiger partial charge in [0, 0.05) is 30.8 Å². The van der Waals surface area contributed by atoms with Crippen LogP contribution in [-0.4, -0.2) is 31.9 Å². The average Bonchev–Trinajstić information content (AvgIpc) is 2.71. The number of pyridine rings is 1. The molecule has 32 heavy (non-hydrogen) atoms. The number of sulfone groups is 1. The Labute approximate surface area is 180 Å². The van der Waals surface area contributed by atoms with Crippen LogP contribution in [-0.2, 0) is 16.4 Å². The first kappa shape index (κ1) is 23.2. The Hall–Kier alpha value is -3.47. The van der Waals surface area contributed by atoms with Crippen molar-refractivity contribution in [2.75, 3.05) is 6.26 Å². The van der Waals surface area contributed by atoms with Crippen molar-refractivity contribution in [3.8, 4) is 16.9 Å². The number of benzene rings is 2. The van der Waals surface area contributed by atoms with Gasteiger partial charge in [0.1, 0.15) is 11.6 Å². The van der Waals surface area contributed by atoms with Crippen LogP contribution in [0.3, 0.4) is 0 Å². The number of hydrogen-bond donors (Lipinski definition) is 1. The predicted molar refractivity (Wildman–Crippen MR) is 107 cm³/mol. The van der Waals surface area contributed by atoms with Crippen LogP contribution in [0.4, 0.5) is 17.6 Å². The Morgan fingerprint density at radius 3 is 2.34 bits per heavy atom. The molecule has 1 heterocycles. The lowest BCUT2D eigenvalue weighted by Gasteiger charge is -2.11. The number of carbonyl (C=O) groups excluding carboxylic acids is 1. The van der Waals surface area contributed by atoms with Crippen LogP contribution in [0.1, 0.15) is 15.9 Å². The second kappa shape index (κ2) is 8.95. The first-order valence-electron chi connectivity index (χ1n) is 9.00. The number of ether oxygens (including phenoxy) is 1. The van der Waals surface area contributed by atoms with Crippen molar-refractivity contribution in [3.05, 3.63) is 77.9 Å². The first-order valence-corrected chi connectivity index (χ1v) is 10.9. The largest absolute Gasteiger partial charge is 0.573 e. The van der Waals surface area contributed by atoms with Crippen molar-refractivity contribution in [2.24, 2.45) is 0 Å². The fourth-order valence-corrected chi connectivity index (χ4v) is 3.81. The number of halogens is 4. The number of hydrogen-bond acceptors (Lipinski definition) is 5. The van der Waals surface area contributed by atoms with Crippen molar-refractivity contribution in [3.63, 3.8) is 0 Å². The average molecular weight is 468 g/mol. The van der Waals surface area contributed by atoms with Gasteiger partial charge in [-0.05, 0) is 41.5 Å². The van der Waals surface area contributed by atoms with Crippen LogP contribution < -0.4 is 10.1 Å². The summed E-state index contributed by atoms with van der Waals surface area (Å²) in [6.07, 6.45) is -1.16. The third-order valence-corrected chi connectivity index (χ3v) is 5.47. The van der Waals surface area contributed by atoms with E-state index in [2.05, 4.69) is 15.0 Å². The zero-order valence-corrected chi connectivity index (χ0v) is 17.3. The Morgan fingerprint density at radius 1 is 1.03 bits per heavy atom. The SMILES string of the molecule is CS(=O)(=O)c1cc(F)ccc1CNC(=O)c1cncc(-c2ccc(OC(F)(F)F)cc2)c1. The van der Waals surface area contributed by atoms with E-state index in [-0.39, 0.29) is 28.3 Å². The van der Waals surface area contributed by atoms with Gasteiger partial charge in [-0.2, -0.15) is 0 Å². The quantitative estimate of drug-likeness (QED) is 0.550. The molecule has 0 aliphatic carbocycles. The minimum absolute atomic E-state index is 0.140. The maximum Gasteiger partial charge on any atom is 0.573 e. The zero-order valence-electron chi connectivity index (χ0n) is 16.5. The van der Waals surface area contributed by atoms with Gasteiger partial charge in [-0.3, -0.25) is 9.78 Å². The highest BCUT2D eigenvalue weighted by Gasteiger charge is 2.31. The topological polar surface area (TPSA) is 85.4 Å². The number of nitrogens with one attached hydrogen (secondary N) is 1. The molecule has 0 fully saturated rings. The molecule has 3 rings (SSSR count). The highest BCUT2D eigenvalue weighted by molar-refractivity contribution is 7.90. The molecule has 11 heteroatoms. The van der Waals surface area contributed by atoms with Crippen molar-refractivity contribution < 1.29 is 35.5 Å². The van der Waals surface area contributed by atoms with E-state index in [9.17, 15) is 30.8 Å². The van der Waals surface area contributed by atoms with Gasteiger partial charge in [0.15, 0.2) is 9.84 Å².